The number of hydrogen-bond acceptors (Lipinski definition) is 5. The molecule has 6 nitrogen and oxygen atoms in total. The van der Waals surface area contributed by atoms with Crippen molar-refractivity contribution in [1.29, 1.82) is 0 Å². The summed E-state index contributed by atoms with van der Waals surface area (Å²) in [6.07, 6.45) is 1.61. The zero-order chi connectivity index (χ0) is 14.9. The third kappa shape index (κ3) is 2.61. The van der Waals surface area contributed by atoms with Crippen molar-refractivity contribution in [2.75, 3.05) is 4.72 Å². The van der Waals surface area contributed by atoms with Crippen LogP contribution in [0.5, 0.6) is 0 Å². The third-order valence-electron chi connectivity index (χ3n) is 2.98. The molecule has 2 heterocycles. The summed E-state index contributed by atoms with van der Waals surface area (Å²) in [5.41, 5.74) is 6.39. The lowest BCUT2D eigenvalue weighted by Crippen LogP contribution is -2.12. The number of fused-ring (bicyclic) bond motifs is 1. The quantitative estimate of drug-likeness (QED) is 0.769. The smallest absolute Gasteiger partial charge is 0.295 e. The molecule has 7 heteroatoms. The van der Waals surface area contributed by atoms with Crippen molar-refractivity contribution in [1.82, 2.24) is 4.98 Å². The summed E-state index contributed by atoms with van der Waals surface area (Å²) in [4.78, 5) is 4.20. The average Bonchev–Trinajstić information content (AvgIpc) is 2.97. The number of sulfonamides is 1. The number of pyridine rings is 1. The fraction of sp³-hybridized carbons (Fsp3) is 0.0714. The molecular weight excluding hydrogens is 290 g/mol. The van der Waals surface area contributed by atoms with E-state index in [9.17, 15) is 8.42 Å². The molecule has 3 aromatic rings. The largest absolute Gasteiger partial charge is 0.446 e. The molecule has 3 N–H and O–H groups in total. The van der Waals surface area contributed by atoms with Crippen molar-refractivity contribution in [2.45, 2.75) is 11.6 Å². The maximum Gasteiger partial charge on any atom is 0.295 e. The minimum absolute atomic E-state index is 0.144. The molecule has 108 valence electrons. The molecule has 0 atom stereocenters. The molecule has 0 saturated heterocycles. The number of hydrogen-bond donors (Lipinski definition) is 2. The number of nitrogens with two attached hydrogens (primary N) is 1. The van der Waals surface area contributed by atoms with Gasteiger partial charge in [-0.25, -0.2) is 0 Å². The second-order valence-electron chi connectivity index (χ2n) is 4.41. The van der Waals surface area contributed by atoms with Crippen molar-refractivity contribution in [2.24, 2.45) is 5.73 Å². The van der Waals surface area contributed by atoms with Crippen molar-refractivity contribution in [3.8, 4) is 0 Å². The Morgan fingerprint density at radius 1 is 1.14 bits per heavy atom. The summed E-state index contributed by atoms with van der Waals surface area (Å²) < 4.78 is 32.3. The molecule has 0 aliphatic rings. The highest BCUT2D eigenvalue weighted by molar-refractivity contribution is 7.92. The van der Waals surface area contributed by atoms with Crippen LogP contribution in [0.15, 0.2) is 58.2 Å². The Labute approximate surface area is 121 Å². The van der Waals surface area contributed by atoms with Gasteiger partial charge in [-0.15, -0.1) is 0 Å². The van der Waals surface area contributed by atoms with Crippen molar-refractivity contribution < 1.29 is 12.8 Å². The lowest BCUT2D eigenvalue weighted by atomic mass is 10.2. The summed E-state index contributed by atoms with van der Waals surface area (Å²) in [6, 6.07) is 11.8. The molecule has 0 spiro atoms. The normalized spacial score (nSPS) is 11.7. The molecule has 3 rings (SSSR count). The molecule has 0 aliphatic carbocycles. The summed E-state index contributed by atoms with van der Waals surface area (Å²) in [6.45, 7) is 0.144. The van der Waals surface area contributed by atoms with Crippen LogP contribution in [-0.4, -0.2) is 13.4 Å². The standard InChI is InChI=1S/C14H13N3O3S/c15-9-11-6-7-13(20-11)21(18,19)17-12-5-1-3-10-4-2-8-16-14(10)12/h1-8,17H,9,15H2. The second kappa shape index (κ2) is 5.19. The van der Waals surface area contributed by atoms with Crippen LogP contribution in [0.25, 0.3) is 10.9 Å². The molecule has 0 unspecified atom stereocenters. The van der Waals surface area contributed by atoms with Crippen LogP contribution in [0.4, 0.5) is 5.69 Å². The molecule has 0 saturated carbocycles. The topological polar surface area (TPSA) is 98.2 Å². The van der Waals surface area contributed by atoms with E-state index in [0.29, 0.717) is 17.0 Å². The molecule has 0 amide bonds. The highest BCUT2D eigenvalue weighted by Gasteiger charge is 2.19. The van der Waals surface area contributed by atoms with Crippen LogP contribution in [0, 0.1) is 0 Å². The monoisotopic (exact) mass is 303 g/mol. The number of nitrogens with one attached hydrogen (secondary N) is 1. The van der Waals surface area contributed by atoms with Gasteiger partial charge >= 0.3 is 0 Å². The molecule has 0 aliphatic heterocycles. The van der Waals surface area contributed by atoms with Gasteiger partial charge in [-0.2, -0.15) is 8.42 Å². The van der Waals surface area contributed by atoms with Crippen LogP contribution in [0.3, 0.4) is 0 Å². The fourth-order valence-electron chi connectivity index (χ4n) is 1.99. The number of benzene rings is 1. The first-order valence-electron chi connectivity index (χ1n) is 6.25. The van der Waals surface area contributed by atoms with Crippen LogP contribution >= 0.6 is 0 Å². The Kier molecular flexibility index (Phi) is 3.36. The number of nitrogens with zero attached hydrogens (tertiary/aromatic N) is 1. The number of rotatable bonds is 4. The van der Waals surface area contributed by atoms with Gasteiger partial charge in [-0.05, 0) is 24.3 Å². The Morgan fingerprint density at radius 2 is 1.95 bits per heavy atom. The summed E-state index contributed by atoms with van der Waals surface area (Å²) in [7, 11) is -3.81. The zero-order valence-corrected chi connectivity index (χ0v) is 11.8. The maximum absolute atomic E-state index is 12.3. The minimum Gasteiger partial charge on any atom is -0.446 e. The molecule has 1 aromatic carbocycles. The van der Waals surface area contributed by atoms with Gasteiger partial charge in [0.1, 0.15) is 5.76 Å². The number of furan rings is 1. The Bertz CT molecular complexity index is 882. The molecule has 0 radical (unpaired) electrons. The molecular formula is C14H13N3O3S. The molecule has 0 fully saturated rings. The van der Waals surface area contributed by atoms with Gasteiger partial charge in [-0.3, -0.25) is 9.71 Å². The first kappa shape index (κ1) is 13.6. The van der Waals surface area contributed by atoms with E-state index >= 15 is 0 Å². The minimum atomic E-state index is -3.81. The number of para-hydroxylation sites is 1. The average molecular weight is 303 g/mol. The molecule has 0 bridgehead atoms. The van der Waals surface area contributed by atoms with Crippen LogP contribution < -0.4 is 10.5 Å². The first-order chi connectivity index (χ1) is 10.1. The SMILES string of the molecule is NCc1ccc(S(=O)(=O)Nc2cccc3cccnc23)o1. The second-order valence-corrected chi connectivity index (χ2v) is 6.02. The number of anilines is 1. The van der Waals surface area contributed by atoms with Gasteiger partial charge in [0.2, 0.25) is 5.09 Å². The zero-order valence-electron chi connectivity index (χ0n) is 11.0. The van der Waals surface area contributed by atoms with Crippen molar-refractivity contribution in [3.05, 3.63) is 54.4 Å². The third-order valence-corrected chi connectivity index (χ3v) is 4.22. The molecule has 2 aromatic heterocycles. The van der Waals surface area contributed by atoms with E-state index in [1.807, 2.05) is 12.1 Å². The fourth-order valence-corrected chi connectivity index (χ4v) is 3.01. The van der Waals surface area contributed by atoms with E-state index < -0.39 is 10.0 Å². The Morgan fingerprint density at radius 3 is 2.71 bits per heavy atom. The van der Waals surface area contributed by atoms with Gasteiger partial charge in [0.15, 0.2) is 0 Å². The lowest BCUT2D eigenvalue weighted by Gasteiger charge is -2.08. The van der Waals surface area contributed by atoms with E-state index in [0.717, 1.165) is 5.39 Å². The van der Waals surface area contributed by atoms with E-state index in [4.69, 9.17) is 10.2 Å². The highest BCUT2D eigenvalue weighted by Crippen LogP contribution is 2.24. The van der Waals surface area contributed by atoms with Crippen molar-refractivity contribution in [3.63, 3.8) is 0 Å². The summed E-state index contributed by atoms with van der Waals surface area (Å²) >= 11 is 0. The summed E-state index contributed by atoms with van der Waals surface area (Å²) in [5, 5.41) is 0.677. The maximum atomic E-state index is 12.3. The van der Waals surface area contributed by atoms with Gasteiger partial charge < -0.3 is 10.2 Å². The van der Waals surface area contributed by atoms with Gasteiger partial charge in [0, 0.05) is 11.6 Å². The van der Waals surface area contributed by atoms with Crippen molar-refractivity contribution >= 4 is 26.6 Å². The Hall–Kier alpha value is -2.38. The van der Waals surface area contributed by atoms with Crippen LogP contribution in [-0.2, 0) is 16.6 Å². The lowest BCUT2D eigenvalue weighted by molar-refractivity contribution is 0.417. The van der Waals surface area contributed by atoms with E-state index in [1.54, 1.807) is 24.4 Å². The summed E-state index contributed by atoms with van der Waals surface area (Å²) in [5.74, 6) is 0.409. The predicted molar refractivity (Wildman–Crippen MR) is 79.2 cm³/mol. The first-order valence-corrected chi connectivity index (χ1v) is 7.74. The molecule has 21 heavy (non-hydrogen) atoms. The van der Waals surface area contributed by atoms with Gasteiger partial charge in [0.25, 0.3) is 10.0 Å². The predicted octanol–water partition coefficient (Wildman–Crippen LogP) is 2.09. The van der Waals surface area contributed by atoms with Crippen LogP contribution in [0.2, 0.25) is 0 Å². The number of aromatic nitrogens is 1. The van der Waals surface area contributed by atoms with Gasteiger partial charge in [-0.1, -0.05) is 18.2 Å². The Balaban J connectivity index is 2.01. The van der Waals surface area contributed by atoms with E-state index in [1.165, 1.54) is 12.1 Å². The highest BCUT2D eigenvalue weighted by atomic mass is 32.2. The van der Waals surface area contributed by atoms with Crippen LogP contribution in [0.1, 0.15) is 5.76 Å². The van der Waals surface area contributed by atoms with E-state index in [2.05, 4.69) is 9.71 Å². The van der Waals surface area contributed by atoms with E-state index in [-0.39, 0.29) is 11.6 Å². The van der Waals surface area contributed by atoms with Gasteiger partial charge in [0.05, 0.1) is 17.7 Å².